The SMILES string of the molecule is C[C@H](NC(=O)[C@@H]1C[C@@H](F)CN1C(=O)CNC(=O)c1ccc2cc(F)ccc2n1)c1ccc(N2C[C@@H](C)N(N)[C@@H](C)C2)cc1/C=C/C1CC1. The predicted octanol–water partition coefficient (Wildman–Crippen LogP) is 4.12. The minimum absolute atomic E-state index is 0.0537. The quantitative estimate of drug-likeness (QED) is 0.296. The number of allylic oxidation sites excluding steroid dienone is 1. The number of halogens is 2. The number of nitrogens with zero attached hydrogens (tertiary/aromatic N) is 4. The Kier molecular flexibility index (Phi) is 9.75. The third kappa shape index (κ3) is 7.50. The number of fused-ring (bicyclic) bond motifs is 1. The molecule has 3 fully saturated rings. The van der Waals surface area contributed by atoms with E-state index in [-0.39, 0.29) is 30.7 Å². The van der Waals surface area contributed by atoms with Gasteiger partial charge in [0.05, 0.1) is 24.6 Å². The minimum Gasteiger partial charge on any atom is -0.368 e. The summed E-state index contributed by atoms with van der Waals surface area (Å²) in [5.41, 5.74) is 3.49. The number of likely N-dealkylation sites (tertiary alicyclic amines) is 1. The predicted molar refractivity (Wildman–Crippen MR) is 181 cm³/mol. The van der Waals surface area contributed by atoms with E-state index in [1.807, 2.05) is 18.0 Å². The van der Waals surface area contributed by atoms with Gasteiger partial charge in [-0.2, -0.15) is 0 Å². The van der Waals surface area contributed by atoms with Crippen molar-refractivity contribution in [3.8, 4) is 0 Å². The number of nitrogens with two attached hydrogens (primary N) is 1. The van der Waals surface area contributed by atoms with Gasteiger partial charge in [-0.1, -0.05) is 24.3 Å². The lowest BCUT2D eigenvalue weighted by molar-refractivity contribution is -0.138. The summed E-state index contributed by atoms with van der Waals surface area (Å²) in [5, 5.41) is 7.98. The molecule has 1 aromatic heterocycles. The summed E-state index contributed by atoms with van der Waals surface area (Å²) in [6.07, 6.45) is 5.18. The number of carbonyl (C=O) groups excluding carboxylic acids is 3. The molecule has 3 aliphatic rings. The lowest BCUT2D eigenvalue weighted by Crippen LogP contribution is -2.59. The Hall–Kier alpha value is -4.42. The molecule has 1 saturated carbocycles. The summed E-state index contributed by atoms with van der Waals surface area (Å²) in [6.45, 7) is 7.05. The Bertz CT molecular complexity index is 1720. The molecular formula is C36H43F2N7O3. The molecule has 4 N–H and O–H groups in total. The second-order valence-electron chi connectivity index (χ2n) is 13.4. The Balaban J connectivity index is 1.11. The molecule has 2 aliphatic heterocycles. The van der Waals surface area contributed by atoms with E-state index in [0.29, 0.717) is 16.8 Å². The number of anilines is 1. The number of carbonyl (C=O) groups is 3. The molecule has 3 amide bonds. The van der Waals surface area contributed by atoms with Crippen molar-refractivity contribution >= 4 is 40.4 Å². The van der Waals surface area contributed by atoms with Gasteiger partial charge in [0.2, 0.25) is 11.8 Å². The molecule has 0 radical (unpaired) electrons. The Morgan fingerprint density at radius 3 is 2.52 bits per heavy atom. The number of pyridine rings is 1. The van der Waals surface area contributed by atoms with E-state index >= 15 is 0 Å². The van der Waals surface area contributed by atoms with Gasteiger partial charge in [0, 0.05) is 42.7 Å². The molecule has 1 aliphatic carbocycles. The van der Waals surface area contributed by atoms with E-state index in [0.717, 1.165) is 29.9 Å². The van der Waals surface area contributed by atoms with Gasteiger partial charge in [-0.15, -0.1) is 0 Å². The molecule has 0 spiro atoms. The number of benzene rings is 2. The highest BCUT2D eigenvalue weighted by Gasteiger charge is 2.40. The second-order valence-corrected chi connectivity index (χ2v) is 13.4. The maximum atomic E-state index is 14.7. The molecule has 3 aromatic rings. The molecule has 48 heavy (non-hydrogen) atoms. The van der Waals surface area contributed by atoms with Crippen molar-refractivity contribution in [2.75, 3.05) is 31.1 Å². The fourth-order valence-corrected chi connectivity index (χ4v) is 6.64. The Labute approximate surface area is 279 Å². The van der Waals surface area contributed by atoms with Crippen LogP contribution in [-0.2, 0) is 9.59 Å². The summed E-state index contributed by atoms with van der Waals surface area (Å²) in [5.74, 6) is 4.75. The fourth-order valence-electron chi connectivity index (χ4n) is 6.64. The van der Waals surface area contributed by atoms with Crippen molar-refractivity contribution in [3.63, 3.8) is 0 Å². The molecule has 254 valence electrons. The molecular weight excluding hydrogens is 616 g/mol. The fraction of sp³-hybridized carbons (Fsp3) is 0.444. The van der Waals surface area contributed by atoms with Crippen molar-refractivity contribution in [1.82, 2.24) is 25.5 Å². The number of alkyl halides is 1. The Morgan fingerprint density at radius 1 is 1.04 bits per heavy atom. The number of rotatable bonds is 9. The van der Waals surface area contributed by atoms with Gasteiger partial charge in [0.1, 0.15) is 23.7 Å². The maximum absolute atomic E-state index is 14.7. The summed E-state index contributed by atoms with van der Waals surface area (Å²) in [7, 11) is 0. The molecule has 2 aromatic carbocycles. The number of piperazine rings is 1. The standard InChI is InChI=1S/C36H43F2N7O3/c1-21-18-43(19-22(2)45(21)39)29-10-11-30(25(15-29)7-6-24-4-5-24)23(3)41-36(48)33-16-28(38)20-44(33)34(46)17-40-35(47)32-12-8-26-14-27(37)9-13-31(26)42-32/h6-15,21-24,28,33H,4-5,16-20,39H2,1-3H3,(H,40,47)(H,41,48)/b7-6+/t21-,22+,23-,28+,33-/m0/s1. The zero-order valence-electron chi connectivity index (χ0n) is 27.5. The van der Waals surface area contributed by atoms with Gasteiger partial charge >= 0.3 is 0 Å². The summed E-state index contributed by atoms with van der Waals surface area (Å²) in [4.78, 5) is 47.3. The van der Waals surface area contributed by atoms with E-state index < -0.39 is 48.3 Å². The van der Waals surface area contributed by atoms with Crippen LogP contribution in [0, 0.1) is 11.7 Å². The first kappa shape index (κ1) is 33.5. The highest BCUT2D eigenvalue weighted by molar-refractivity contribution is 5.97. The van der Waals surface area contributed by atoms with Gasteiger partial charge in [0.25, 0.3) is 5.91 Å². The number of nitrogens with one attached hydrogen (secondary N) is 2. The molecule has 0 unspecified atom stereocenters. The van der Waals surface area contributed by atoms with Crippen molar-refractivity contribution in [2.45, 2.75) is 70.4 Å². The molecule has 3 heterocycles. The van der Waals surface area contributed by atoms with E-state index in [4.69, 9.17) is 5.84 Å². The lowest BCUT2D eigenvalue weighted by Gasteiger charge is -2.43. The molecule has 0 bridgehead atoms. The number of hydrogen-bond donors (Lipinski definition) is 3. The summed E-state index contributed by atoms with van der Waals surface area (Å²) < 4.78 is 28.2. The zero-order chi connectivity index (χ0) is 34.1. The van der Waals surface area contributed by atoms with Gasteiger partial charge in [0.15, 0.2) is 0 Å². The first-order valence-corrected chi connectivity index (χ1v) is 16.7. The van der Waals surface area contributed by atoms with Gasteiger partial charge in [-0.05, 0) is 87.1 Å². The summed E-state index contributed by atoms with van der Waals surface area (Å²) in [6, 6.07) is 12.2. The second kappa shape index (κ2) is 14.0. The molecule has 12 heteroatoms. The van der Waals surface area contributed by atoms with Crippen molar-refractivity contribution < 1.29 is 23.2 Å². The van der Waals surface area contributed by atoms with E-state index in [9.17, 15) is 23.2 Å². The third-order valence-electron chi connectivity index (χ3n) is 9.57. The minimum atomic E-state index is -1.37. The van der Waals surface area contributed by atoms with Crippen LogP contribution in [0.2, 0.25) is 0 Å². The van der Waals surface area contributed by atoms with Gasteiger partial charge in [-0.25, -0.2) is 18.8 Å². The van der Waals surface area contributed by atoms with Crippen molar-refractivity contribution in [1.29, 1.82) is 0 Å². The van der Waals surface area contributed by atoms with Crippen LogP contribution in [0.3, 0.4) is 0 Å². The van der Waals surface area contributed by atoms with Crippen LogP contribution < -0.4 is 21.4 Å². The largest absolute Gasteiger partial charge is 0.368 e. The monoisotopic (exact) mass is 659 g/mol. The molecule has 6 rings (SSSR count). The first-order chi connectivity index (χ1) is 23.0. The molecule has 5 atom stereocenters. The van der Waals surface area contributed by atoms with Gasteiger partial charge in [-0.3, -0.25) is 20.2 Å². The van der Waals surface area contributed by atoms with Gasteiger partial charge < -0.3 is 20.4 Å². The van der Waals surface area contributed by atoms with E-state index in [1.54, 1.807) is 6.07 Å². The van der Waals surface area contributed by atoms with Crippen LogP contribution in [0.15, 0.2) is 54.6 Å². The Morgan fingerprint density at radius 2 is 1.79 bits per heavy atom. The summed E-state index contributed by atoms with van der Waals surface area (Å²) >= 11 is 0. The van der Waals surface area contributed by atoms with Crippen LogP contribution >= 0.6 is 0 Å². The number of amides is 3. The molecule has 2 saturated heterocycles. The van der Waals surface area contributed by atoms with Crippen LogP contribution in [0.4, 0.5) is 14.5 Å². The number of hydrogen-bond acceptors (Lipinski definition) is 7. The van der Waals surface area contributed by atoms with Crippen LogP contribution in [0.1, 0.15) is 67.7 Å². The lowest BCUT2D eigenvalue weighted by atomic mass is 9.98. The highest BCUT2D eigenvalue weighted by atomic mass is 19.1. The zero-order valence-corrected chi connectivity index (χ0v) is 27.5. The third-order valence-corrected chi connectivity index (χ3v) is 9.57. The topological polar surface area (TPSA) is 124 Å². The smallest absolute Gasteiger partial charge is 0.270 e. The average molecular weight is 660 g/mol. The average Bonchev–Trinajstić information content (AvgIpc) is 3.82. The number of aromatic nitrogens is 1. The van der Waals surface area contributed by atoms with Crippen LogP contribution in [0.25, 0.3) is 17.0 Å². The van der Waals surface area contributed by atoms with E-state index in [1.165, 1.54) is 42.0 Å². The molecule has 10 nitrogen and oxygen atoms in total. The highest BCUT2D eigenvalue weighted by Crippen LogP contribution is 2.33. The maximum Gasteiger partial charge on any atom is 0.270 e. The van der Waals surface area contributed by atoms with Crippen molar-refractivity contribution in [3.05, 3.63) is 77.2 Å². The normalized spacial score (nSPS) is 23.9. The number of hydrazine groups is 1. The van der Waals surface area contributed by atoms with Crippen molar-refractivity contribution in [2.24, 2.45) is 11.8 Å². The van der Waals surface area contributed by atoms with Crippen LogP contribution in [-0.4, -0.2) is 83.1 Å². The first-order valence-electron chi connectivity index (χ1n) is 16.7. The van der Waals surface area contributed by atoms with Crippen LogP contribution in [0.5, 0.6) is 0 Å². The van der Waals surface area contributed by atoms with E-state index in [2.05, 4.69) is 58.6 Å².